The zero-order valence-electron chi connectivity index (χ0n) is 18.2. The van der Waals surface area contributed by atoms with Gasteiger partial charge in [0.1, 0.15) is 22.9 Å². The van der Waals surface area contributed by atoms with Crippen LogP contribution in [-0.4, -0.2) is 50.5 Å². The second-order valence-corrected chi connectivity index (χ2v) is 7.99. The predicted octanol–water partition coefficient (Wildman–Crippen LogP) is 2.84. The molecule has 10 heteroatoms. The average Bonchev–Trinajstić information content (AvgIpc) is 3.45. The molecule has 4 aromatic rings. The number of carbonyl (C=O) groups is 1. The van der Waals surface area contributed by atoms with Gasteiger partial charge in [0.05, 0.1) is 25.5 Å². The molecular weight excluding hydrogens is 425 g/mol. The average molecular weight is 449 g/mol. The minimum Gasteiger partial charge on any atom is -0.497 e. The highest BCUT2D eigenvalue weighted by Gasteiger charge is 2.22. The third-order valence-electron chi connectivity index (χ3n) is 5.90. The van der Waals surface area contributed by atoms with Gasteiger partial charge < -0.3 is 15.4 Å². The van der Waals surface area contributed by atoms with Gasteiger partial charge in [-0.15, -0.1) is 0 Å². The number of halogens is 1. The molecule has 0 saturated carbocycles. The van der Waals surface area contributed by atoms with Crippen molar-refractivity contribution in [1.82, 2.24) is 29.7 Å². The Balaban J connectivity index is 1.46. The molecule has 3 aromatic heterocycles. The lowest BCUT2D eigenvalue weighted by Crippen LogP contribution is -2.26. The smallest absolute Gasteiger partial charge is 0.262 e. The summed E-state index contributed by atoms with van der Waals surface area (Å²) in [6, 6.07) is 8.34. The van der Waals surface area contributed by atoms with Crippen molar-refractivity contribution in [2.24, 2.45) is 0 Å². The minimum absolute atomic E-state index is 0.170. The molecule has 1 aliphatic heterocycles. The van der Waals surface area contributed by atoms with E-state index in [1.54, 1.807) is 39.8 Å². The highest BCUT2D eigenvalue weighted by molar-refractivity contribution is 6.07. The molecule has 0 bridgehead atoms. The maximum Gasteiger partial charge on any atom is 0.262 e. The quantitative estimate of drug-likeness (QED) is 0.470. The summed E-state index contributed by atoms with van der Waals surface area (Å²) < 4.78 is 22.9. The van der Waals surface area contributed by atoms with E-state index in [1.807, 2.05) is 6.07 Å². The topological polar surface area (TPSA) is 98.4 Å². The summed E-state index contributed by atoms with van der Waals surface area (Å²) in [5, 5.41) is 15.2. The predicted molar refractivity (Wildman–Crippen MR) is 120 cm³/mol. The van der Waals surface area contributed by atoms with Gasteiger partial charge in [-0.2, -0.15) is 10.2 Å². The maximum atomic E-state index is 14.6. The molecule has 1 saturated heterocycles. The molecule has 2 N–H and O–H groups in total. The summed E-state index contributed by atoms with van der Waals surface area (Å²) in [5.74, 6) is 0.483. The highest BCUT2D eigenvalue weighted by atomic mass is 19.1. The van der Waals surface area contributed by atoms with Gasteiger partial charge in [0.25, 0.3) is 5.91 Å². The first-order valence-corrected chi connectivity index (χ1v) is 10.8. The van der Waals surface area contributed by atoms with Crippen LogP contribution < -0.4 is 15.4 Å². The number of hydrogen-bond donors (Lipinski definition) is 2. The Labute approximate surface area is 189 Å². The van der Waals surface area contributed by atoms with E-state index in [0.717, 1.165) is 31.6 Å². The van der Waals surface area contributed by atoms with E-state index in [2.05, 4.69) is 20.7 Å². The van der Waals surface area contributed by atoms with Crippen molar-refractivity contribution in [2.75, 3.05) is 25.5 Å². The first-order chi connectivity index (χ1) is 16.1. The van der Waals surface area contributed by atoms with Gasteiger partial charge in [0.2, 0.25) is 0 Å². The van der Waals surface area contributed by atoms with Crippen LogP contribution in [0.5, 0.6) is 5.75 Å². The molecule has 0 spiro atoms. The number of amides is 1. The van der Waals surface area contributed by atoms with E-state index in [1.165, 1.54) is 19.4 Å². The monoisotopic (exact) mass is 449 g/mol. The van der Waals surface area contributed by atoms with Crippen LogP contribution in [0.1, 0.15) is 40.4 Å². The Bertz CT molecular complexity index is 1290. The number of nitrogens with zero attached hydrogens (tertiary/aromatic N) is 5. The van der Waals surface area contributed by atoms with Gasteiger partial charge in [-0.1, -0.05) is 6.07 Å². The number of benzene rings is 1. The lowest BCUT2D eigenvalue weighted by atomic mass is 9.95. The van der Waals surface area contributed by atoms with E-state index >= 15 is 0 Å². The zero-order chi connectivity index (χ0) is 22.8. The van der Waals surface area contributed by atoms with Crippen LogP contribution in [0.4, 0.5) is 10.2 Å². The lowest BCUT2D eigenvalue weighted by molar-refractivity contribution is 0.102. The van der Waals surface area contributed by atoms with Crippen molar-refractivity contribution < 1.29 is 13.9 Å². The van der Waals surface area contributed by atoms with Crippen molar-refractivity contribution in [3.63, 3.8) is 0 Å². The third-order valence-corrected chi connectivity index (χ3v) is 5.90. The Morgan fingerprint density at radius 2 is 2.15 bits per heavy atom. The molecule has 1 amide bonds. The van der Waals surface area contributed by atoms with E-state index < -0.39 is 5.82 Å². The van der Waals surface area contributed by atoms with Gasteiger partial charge in [-0.05, 0) is 38.1 Å². The van der Waals surface area contributed by atoms with Gasteiger partial charge in [0.15, 0.2) is 5.65 Å². The summed E-state index contributed by atoms with van der Waals surface area (Å²) in [7, 11) is 1.50. The van der Waals surface area contributed by atoms with Crippen LogP contribution >= 0.6 is 0 Å². The second kappa shape index (κ2) is 8.99. The Kier molecular flexibility index (Phi) is 5.74. The molecule has 33 heavy (non-hydrogen) atoms. The molecule has 1 aliphatic rings. The third kappa shape index (κ3) is 4.29. The van der Waals surface area contributed by atoms with Crippen molar-refractivity contribution in [2.45, 2.75) is 25.3 Å². The number of piperidine rings is 1. The largest absolute Gasteiger partial charge is 0.497 e. The van der Waals surface area contributed by atoms with Crippen molar-refractivity contribution in [1.29, 1.82) is 0 Å². The lowest BCUT2D eigenvalue weighted by Gasteiger charge is -2.20. The Morgan fingerprint density at radius 3 is 2.94 bits per heavy atom. The van der Waals surface area contributed by atoms with Gasteiger partial charge in [-0.25, -0.2) is 18.6 Å². The van der Waals surface area contributed by atoms with Crippen LogP contribution in [0.2, 0.25) is 0 Å². The molecule has 9 nitrogen and oxygen atoms in total. The molecule has 170 valence electrons. The number of fused-ring (bicyclic) bond motifs is 1. The summed E-state index contributed by atoms with van der Waals surface area (Å²) in [6.45, 7) is 2.00. The fourth-order valence-electron chi connectivity index (χ4n) is 4.09. The zero-order valence-corrected chi connectivity index (χ0v) is 18.2. The van der Waals surface area contributed by atoms with Crippen LogP contribution in [-0.2, 0) is 6.54 Å². The normalized spacial score (nSPS) is 14.5. The second-order valence-electron chi connectivity index (χ2n) is 7.99. The van der Waals surface area contributed by atoms with Gasteiger partial charge in [0, 0.05) is 36.0 Å². The standard InChI is InChI=1S/C23H24FN7O2/c1-33-17-4-3-16(19(24)11-17)14-31-21(12-20(29-31)15-5-8-25-9-6-15)28-23(32)18-13-27-30-10-2-7-26-22(18)30/h2-4,7,10-13,15,25H,5-6,8-9,14H2,1H3,(H,28,32). The molecule has 0 radical (unpaired) electrons. The first kappa shape index (κ1) is 21.1. The van der Waals surface area contributed by atoms with Crippen LogP contribution in [0, 0.1) is 5.82 Å². The molecule has 4 heterocycles. The fourth-order valence-corrected chi connectivity index (χ4v) is 4.09. The summed E-state index contributed by atoms with van der Waals surface area (Å²) in [5.41, 5.74) is 2.14. The number of carbonyl (C=O) groups excluding carboxylic acids is 1. The highest BCUT2D eigenvalue weighted by Crippen LogP contribution is 2.28. The summed E-state index contributed by atoms with van der Waals surface area (Å²) in [4.78, 5) is 17.3. The molecule has 1 aromatic carbocycles. The number of anilines is 1. The van der Waals surface area contributed by atoms with Crippen LogP contribution in [0.3, 0.4) is 0 Å². The van der Waals surface area contributed by atoms with E-state index in [0.29, 0.717) is 28.3 Å². The molecule has 5 rings (SSSR count). The van der Waals surface area contributed by atoms with Crippen molar-refractivity contribution in [3.05, 3.63) is 71.6 Å². The number of methoxy groups -OCH3 is 1. The Hall–Kier alpha value is -3.79. The molecule has 0 unspecified atom stereocenters. The first-order valence-electron chi connectivity index (χ1n) is 10.8. The summed E-state index contributed by atoms with van der Waals surface area (Å²) in [6.07, 6.45) is 6.73. The van der Waals surface area contributed by atoms with Gasteiger partial charge in [-0.3, -0.25) is 4.79 Å². The fraction of sp³-hybridized carbons (Fsp3) is 0.304. The number of aromatic nitrogens is 5. The van der Waals surface area contributed by atoms with E-state index in [4.69, 9.17) is 9.84 Å². The van der Waals surface area contributed by atoms with E-state index in [-0.39, 0.29) is 18.4 Å². The van der Waals surface area contributed by atoms with Crippen molar-refractivity contribution in [3.8, 4) is 5.75 Å². The number of rotatable bonds is 6. The molecule has 0 aliphatic carbocycles. The van der Waals surface area contributed by atoms with E-state index in [9.17, 15) is 9.18 Å². The van der Waals surface area contributed by atoms with Crippen LogP contribution in [0.15, 0.2) is 48.9 Å². The number of hydrogen-bond acceptors (Lipinski definition) is 6. The minimum atomic E-state index is -0.391. The van der Waals surface area contributed by atoms with Crippen LogP contribution in [0.25, 0.3) is 5.65 Å². The SMILES string of the molecule is COc1ccc(Cn2nc(C3CCNCC3)cc2NC(=O)c2cnn3cccnc23)c(F)c1. The number of ether oxygens (including phenoxy) is 1. The summed E-state index contributed by atoms with van der Waals surface area (Å²) >= 11 is 0. The number of nitrogens with one attached hydrogen (secondary N) is 2. The Morgan fingerprint density at radius 1 is 1.30 bits per heavy atom. The van der Waals surface area contributed by atoms with Crippen molar-refractivity contribution >= 4 is 17.4 Å². The molecular formula is C23H24FN7O2. The molecule has 1 fully saturated rings. The molecule has 0 atom stereocenters. The maximum absolute atomic E-state index is 14.6. The van der Waals surface area contributed by atoms with Gasteiger partial charge >= 0.3 is 0 Å².